The highest BCUT2D eigenvalue weighted by Crippen LogP contribution is 2.33. The van der Waals surface area contributed by atoms with Gasteiger partial charge in [0.05, 0.1) is 17.7 Å². The van der Waals surface area contributed by atoms with Crippen molar-refractivity contribution < 1.29 is 19.1 Å². The predicted molar refractivity (Wildman–Crippen MR) is 109 cm³/mol. The van der Waals surface area contributed by atoms with E-state index in [0.29, 0.717) is 53.7 Å². The number of rotatable bonds is 7. The fourth-order valence-electron chi connectivity index (χ4n) is 3.68. The molecule has 0 N–H and O–H groups in total. The molecule has 1 saturated carbocycles. The number of thioether (sulfide) groups is 1. The van der Waals surface area contributed by atoms with E-state index in [1.807, 2.05) is 6.92 Å². The Labute approximate surface area is 168 Å². The highest BCUT2D eigenvalue weighted by atomic mass is 32.2. The first kappa shape index (κ1) is 20.0. The molecule has 1 aliphatic carbocycles. The van der Waals surface area contributed by atoms with Crippen LogP contribution in [0.3, 0.4) is 0 Å². The van der Waals surface area contributed by atoms with Crippen molar-refractivity contribution >= 4 is 46.0 Å². The molecule has 0 radical (unpaired) electrons. The van der Waals surface area contributed by atoms with Gasteiger partial charge < -0.3 is 4.74 Å². The summed E-state index contributed by atoms with van der Waals surface area (Å²) in [6, 6.07) is 6.89. The number of imide groups is 1. The van der Waals surface area contributed by atoms with Gasteiger partial charge in [-0.05, 0) is 57.0 Å². The second kappa shape index (κ2) is 8.97. The summed E-state index contributed by atoms with van der Waals surface area (Å²) < 4.78 is 5.84. The molecule has 1 aromatic rings. The molecule has 0 aromatic heterocycles. The third kappa shape index (κ3) is 4.58. The van der Waals surface area contributed by atoms with Gasteiger partial charge in [0.25, 0.3) is 11.8 Å². The molecule has 0 spiro atoms. The van der Waals surface area contributed by atoms with Crippen LogP contribution in [-0.2, 0) is 9.53 Å². The zero-order chi connectivity index (χ0) is 19.4. The maximum absolute atomic E-state index is 12.5. The number of benzene rings is 1. The number of carbonyl (C=O) groups is 3. The summed E-state index contributed by atoms with van der Waals surface area (Å²) in [5, 5.41) is 0.0420. The lowest BCUT2D eigenvalue weighted by Crippen LogP contribution is -2.33. The molecule has 2 amide bonds. The summed E-state index contributed by atoms with van der Waals surface area (Å²) in [5.74, 6) is -0.134. The fourth-order valence-corrected chi connectivity index (χ4v) is 5.22. The van der Waals surface area contributed by atoms with Crippen molar-refractivity contribution in [2.45, 2.75) is 44.3 Å². The van der Waals surface area contributed by atoms with E-state index in [9.17, 15) is 14.4 Å². The zero-order valence-electron chi connectivity index (χ0n) is 15.3. The van der Waals surface area contributed by atoms with Gasteiger partial charge in [-0.15, -0.1) is 0 Å². The average Bonchev–Trinajstić information content (AvgIpc) is 3.15. The van der Waals surface area contributed by atoms with Gasteiger partial charge in [0.15, 0.2) is 0 Å². The van der Waals surface area contributed by atoms with E-state index in [2.05, 4.69) is 0 Å². The van der Waals surface area contributed by atoms with E-state index in [-0.39, 0.29) is 23.0 Å². The van der Waals surface area contributed by atoms with Gasteiger partial charge in [-0.25, -0.2) is 0 Å². The third-order valence-electron chi connectivity index (χ3n) is 5.06. The number of nitrogens with zero attached hydrogens (tertiary/aromatic N) is 1. The number of carbonyl (C=O) groups excluding carboxylic acids is 3. The second-order valence-electron chi connectivity index (χ2n) is 6.81. The van der Waals surface area contributed by atoms with Gasteiger partial charge in [0.1, 0.15) is 5.78 Å². The van der Waals surface area contributed by atoms with Crippen molar-refractivity contribution in [2.24, 2.45) is 5.92 Å². The van der Waals surface area contributed by atoms with Crippen LogP contribution in [-0.4, -0.2) is 45.3 Å². The molecule has 2 unspecified atom stereocenters. The number of thiocarbonyl (C=S) groups is 1. The number of hydrogen-bond acceptors (Lipinski definition) is 6. The Morgan fingerprint density at radius 1 is 1.26 bits per heavy atom. The molecule has 2 atom stereocenters. The van der Waals surface area contributed by atoms with Crippen molar-refractivity contribution in [3.8, 4) is 0 Å². The Morgan fingerprint density at radius 3 is 2.48 bits per heavy atom. The molecule has 0 saturated heterocycles. The lowest BCUT2D eigenvalue weighted by Gasteiger charge is -2.22. The quantitative estimate of drug-likeness (QED) is 0.507. The van der Waals surface area contributed by atoms with Crippen LogP contribution in [0.15, 0.2) is 24.3 Å². The average molecular weight is 406 g/mol. The molecule has 1 aromatic carbocycles. The second-order valence-corrected chi connectivity index (χ2v) is 8.71. The minimum atomic E-state index is -0.247. The Hall–Kier alpha value is -1.73. The maximum atomic E-state index is 12.5. The van der Waals surface area contributed by atoms with E-state index in [4.69, 9.17) is 17.0 Å². The highest BCUT2D eigenvalue weighted by molar-refractivity contribution is 8.23. The Morgan fingerprint density at radius 2 is 1.93 bits per heavy atom. The lowest BCUT2D eigenvalue weighted by molar-refractivity contribution is -0.120. The minimum Gasteiger partial charge on any atom is -0.479 e. The van der Waals surface area contributed by atoms with Crippen LogP contribution in [0.25, 0.3) is 0 Å². The predicted octanol–water partition coefficient (Wildman–Crippen LogP) is 3.86. The first-order chi connectivity index (χ1) is 13.0. The van der Waals surface area contributed by atoms with Crippen LogP contribution in [0.5, 0.6) is 0 Å². The number of ketones is 1. The highest BCUT2D eigenvalue weighted by Gasteiger charge is 2.36. The molecule has 2 aliphatic rings. The van der Waals surface area contributed by atoms with Gasteiger partial charge in [0.2, 0.25) is 4.38 Å². The van der Waals surface area contributed by atoms with Crippen LogP contribution in [0.1, 0.15) is 59.7 Å². The summed E-state index contributed by atoms with van der Waals surface area (Å²) in [4.78, 5) is 38.4. The fraction of sp³-hybridized carbons (Fsp3) is 0.500. The molecule has 1 heterocycles. The van der Waals surface area contributed by atoms with E-state index in [1.54, 1.807) is 24.3 Å². The Bertz CT molecular complexity index is 729. The molecule has 3 rings (SSSR count). The lowest BCUT2D eigenvalue weighted by atomic mass is 9.99. The monoisotopic (exact) mass is 405 g/mol. The smallest absolute Gasteiger partial charge is 0.261 e. The first-order valence-corrected chi connectivity index (χ1v) is 10.6. The van der Waals surface area contributed by atoms with Crippen molar-refractivity contribution in [3.05, 3.63) is 35.4 Å². The van der Waals surface area contributed by atoms with Gasteiger partial charge >= 0.3 is 0 Å². The van der Waals surface area contributed by atoms with E-state index < -0.39 is 0 Å². The molecule has 1 aliphatic heterocycles. The topological polar surface area (TPSA) is 63.7 Å². The molecule has 27 heavy (non-hydrogen) atoms. The van der Waals surface area contributed by atoms with Crippen molar-refractivity contribution in [2.75, 3.05) is 13.2 Å². The van der Waals surface area contributed by atoms with Gasteiger partial charge in [-0.3, -0.25) is 19.3 Å². The number of hydrogen-bond donors (Lipinski definition) is 0. The van der Waals surface area contributed by atoms with E-state index >= 15 is 0 Å². The van der Waals surface area contributed by atoms with Crippen molar-refractivity contribution in [3.63, 3.8) is 0 Å². The Balaban J connectivity index is 1.65. The molecule has 0 bridgehead atoms. The van der Waals surface area contributed by atoms with Gasteiger partial charge in [-0.1, -0.05) is 23.9 Å². The molecular formula is C20H23NO4S2. The largest absolute Gasteiger partial charge is 0.479 e. The van der Waals surface area contributed by atoms with Crippen LogP contribution in [0.2, 0.25) is 0 Å². The summed E-state index contributed by atoms with van der Waals surface area (Å²) in [7, 11) is 0. The van der Waals surface area contributed by atoms with E-state index in [0.717, 1.165) is 12.8 Å². The Kier molecular flexibility index (Phi) is 6.65. The number of Topliss-reactive ketones (excluding diaryl/α,β-unsaturated/α-hetero) is 1. The van der Waals surface area contributed by atoms with Crippen molar-refractivity contribution in [1.29, 1.82) is 0 Å². The van der Waals surface area contributed by atoms with Crippen LogP contribution >= 0.6 is 24.0 Å². The summed E-state index contributed by atoms with van der Waals surface area (Å²) in [6.07, 6.45) is 3.79. The summed E-state index contributed by atoms with van der Waals surface area (Å²) in [6.45, 7) is 2.69. The van der Waals surface area contributed by atoms with Crippen LogP contribution in [0, 0.1) is 5.92 Å². The van der Waals surface area contributed by atoms with Gasteiger partial charge in [-0.2, -0.15) is 0 Å². The van der Waals surface area contributed by atoms with Crippen LogP contribution < -0.4 is 0 Å². The molecule has 7 heteroatoms. The normalized spacial score (nSPS) is 20.1. The van der Waals surface area contributed by atoms with Gasteiger partial charge in [0, 0.05) is 24.1 Å². The van der Waals surface area contributed by atoms with E-state index in [1.165, 1.54) is 16.7 Å². The molecule has 5 nitrogen and oxygen atoms in total. The summed E-state index contributed by atoms with van der Waals surface area (Å²) >= 11 is 6.70. The first-order valence-electron chi connectivity index (χ1n) is 9.32. The minimum absolute atomic E-state index is 0.0420. The SMILES string of the molecule is CCOC(=S)SC(CCN1C(=O)c2ccccc2C1=O)CC1CCCC1=O. The maximum Gasteiger partial charge on any atom is 0.261 e. The third-order valence-corrected chi connectivity index (χ3v) is 6.53. The number of fused-ring (bicyclic) bond motifs is 1. The standard InChI is InChI=1S/C20H23NO4S2/c1-2-25-20(26)27-14(12-13-6-5-9-17(13)22)10-11-21-18(23)15-7-3-4-8-16(15)19(21)24/h3-4,7-8,13-14H,2,5-6,9-12H2,1H3. The zero-order valence-corrected chi connectivity index (χ0v) is 16.9. The molecule has 1 fully saturated rings. The number of amides is 2. The molecule has 144 valence electrons. The van der Waals surface area contributed by atoms with Crippen molar-refractivity contribution in [1.82, 2.24) is 4.90 Å². The molecular weight excluding hydrogens is 382 g/mol. The van der Waals surface area contributed by atoms with Crippen LogP contribution in [0.4, 0.5) is 0 Å². The number of ether oxygens (including phenoxy) is 1. The summed E-state index contributed by atoms with van der Waals surface area (Å²) in [5.41, 5.74) is 0.921.